The molecule has 1 aromatic carbocycles. The molecule has 1 rings (SSSR count). The van der Waals surface area contributed by atoms with Crippen molar-refractivity contribution in [2.75, 3.05) is 7.05 Å². The van der Waals surface area contributed by atoms with E-state index >= 15 is 0 Å². The molecule has 0 bridgehead atoms. The fourth-order valence-electron chi connectivity index (χ4n) is 2.65. The highest BCUT2D eigenvalue weighted by Crippen LogP contribution is 2.48. The zero-order chi connectivity index (χ0) is 20.0. The van der Waals surface area contributed by atoms with Crippen molar-refractivity contribution in [3.05, 3.63) is 34.4 Å². The Morgan fingerprint density at radius 3 is 1.52 bits per heavy atom. The fourth-order valence-corrected chi connectivity index (χ4v) is 2.65. The molecule has 25 heavy (non-hydrogen) atoms. The molecule has 0 spiro atoms. The van der Waals surface area contributed by atoms with Gasteiger partial charge in [-0.1, -0.05) is 20.8 Å². The van der Waals surface area contributed by atoms with E-state index in [1.54, 1.807) is 0 Å². The van der Waals surface area contributed by atoms with Crippen LogP contribution in [0.4, 0.5) is 39.5 Å². The molecule has 1 aromatic rings. The maximum Gasteiger partial charge on any atom is 0.417 e. The van der Waals surface area contributed by atoms with E-state index in [1.165, 1.54) is 27.8 Å². The van der Waals surface area contributed by atoms with Crippen LogP contribution in [-0.2, 0) is 18.5 Å². The van der Waals surface area contributed by atoms with Crippen LogP contribution < -0.4 is 5.32 Å². The predicted octanol–water partition coefficient (Wildman–Crippen LogP) is 6.05. The molecule has 0 saturated heterocycles. The second-order valence-corrected chi connectivity index (χ2v) is 6.57. The quantitative estimate of drug-likeness (QED) is 0.615. The van der Waals surface area contributed by atoms with Gasteiger partial charge in [0.15, 0.2) is 0 Å². The minimum atomic E-state index is -5.60. The Hall–Kier alpha value is -1.45. The minimum Gasteiger partial charge on any atom is -0.313 e. The van der Waals surface area contributed by atoms with Crippen molar-refractivity contribution in [1.82, 2.24) is 5.32 Å². The average molecular weight is 381 g/mol. The van der Waals surface area contributed by atoms with Crippen LogP contribution in [0.5, 0.6) is 0 Å². The highest BCUT2D eigenvalue weighted by atomic mass is 19.4. The first-order valence-electron chi connectivity index (χ1n) is 6.97. The maximum absolute atomic E-state index is 13.3. The van der Waals surface area contributed by atoms with Gasteiger partial charge in [-0.05, 0) is 30.2 Å². The lowest BCUT2D eigenvalue weighted by molar-refractivity contribution is -0.164. The molecule has 0 aliphatic rings. The normalized spacial score (nSPS) is 15.4. The largest absolute Gasteiger partial charge is 0.417 e. The molecular weight excluding hydrogens is 365 g/mol. The molecule has 144 valence electrons. The second kappa shape index (κ2) is 6.37. The third-order valence-corrected chi connectivity index (χ3v) is 3.55. The topological polar surface area (TPSA) is 12.0 Å². The van der Waals surface area contributed by atoms with E-state index < -0.39 is 58.3 Å². The maximum atomic E-state index is 13.3. The summed E-state index contributed by atoms with van der Waals surface area (Å²) in [5.41, 5.74) is -8.42. The Morgan fingerprint density at radius 1 is 0.760 bits per heavy atom. The monoisotopic (exact) mass is 381 g/mol. The van der Waals surface area contributed by atoms with Crippen molar-refractivity contribution in [1.29, 1.82) is 0 Å². The summed E-state index contributed by atoms with van der Waals surface area (Å²) in [6.07, 6.45) is -16.3. The summed E-state index contributed by atoms with van der Waals surface area (Å²) >= 11 is 0. The van der Waals surface area contributed by atoms with Gasteiger partial charge in [-0.25, -0.2) is 0 Å². The van der Waals surface area contributed by atoms with Crippen LogP contribution in [0.25, 0.3) is 0 Å². The smallest absolute Gasteiger partial charge is 0.313 e. The van der Waals surface area contributed by atoms with Gasteiger partial charge in [-0.3, -0.25) is 0 Å². The van der Waals surface area contributed by atoms with Crippen LogP contribution >= 0.6 is 0 Å². The molecule has 10 heteroatoms. The Balaban J connectivity index is 4.01. The number of hydrogen-bond donors (Lipinski definition) is 1. The average Bonchev–Trinajstić information content (AvgIpc) is 2.33. The van der Waals surface area contributed by atoms with Crippen LogP contribution in [0.3, 0.4) is 0 Å². The number of benzene rings is 1. The van der Waals surface area contributed by atoms with Crippen molar-refractivity contribution in [2.24, 2.45) is 5.41 Å². The zero-order valence-corrected chi connectivity index (χ0v) is 13.6. The van der Waals surface area contributed by atoms with Gasteiger partial charge in [0.25, 0.3) is 0 Å². The van der Waals surface area contributed by atoms with Gasteiger partial charge in [-0.2, -0.15) is 39.5 Å². The molecule has 0 aliphatic heterocycles. The van der Waals surface area contributed by atoms with E-state index in [2.05, 4.69) is 5.32 Å². The van der Waals surface area contributed by atoms with E-state index in [4.69, 9.17) is 0 Å². The van der Waals surface area contributed by atoms with Crippen molar-refractivity contribution in [2.45, 2.75) is 45.3 Å². The van der Waals surface area contributed by atoms with Crippen LogP contribution in [0, 0.1) is 5.41 Å². The molecule has 0 heterocycles. The summed E-state index contributed by atoms with van der Waals surface area (Å²) < 4.78 is 118. The number of halogens is 9. The lowest BCUT2D eigenvalue weighted by Gasteiger charge is -2.34. The summed E-state index contributed by atoms with van der Waals surface area (Å²) in [5.74, 6) is 0. The van der Waals surface area contributed by atoms with Crippen molar-refractivity contribution in [3.8, 4) is 0 Å². The van der Waals surface area contributed by atoms with Gasteiger partial charge in [0.2, 0.25) is 0 Å². The predicted molar refractivity (Wildman–Crippen MR) is 72.7 cm³/mol. The molecule has 1 unspecified atom stereocenters. The van der Waals surface area contributed by atoms with Crippen molar-refractivity contribution >= 4 is 0 Å². The lowest BCUT2D eigenvalue weighted by Crippen LogP contribution is -2.33. The number of rotatable bonds is 2. The number of alkyl halides is 9. The Bertz CT molecular complexity index is 618. The number of hydrogen-bond acceptors (Lipinski definition) is 1. The van der Waals surface area contributed by atoms with E-state index in [0.717, 1.165) is 0 Å². The van der Waals surface area contributed by atoms with Gasteiger partial charge >= 0.3 is 18.5 Å². The third kappa shape index (κ3) is 4.80. The summed E-state index contributed by atoms with van der Waals surface area (Å²) in [6.45, 7) is 4.21. The van der Waals surface area contributed by atoms with Crippen molar-refractivity contribution < 1.29 is 39.5 Å². The number of nitrogens with one attached hydrogen (secondary N) is 1. The molecule has 1 N–H and O–H groups in total. The Labute approximate surface area is 138 Å². The Kier molecular flexibility index (Phi) is 5.50. The van der Waals surface area contributed by atoms with Gasteiger partial charge in [0.05, 0.1) is 16.7 Å². The molecule has 0 amide bonds. The van der Waals surface area contributed by atoms with Crippen LogP contribution in [-0.4, -0.2) is 7.05 Å². The van der Waals surface area contributed by atoms with Gasteiger partial charge < -0.3 is 5.32 Å². The standard InChI is InChI=1S/C15H16F9N/c1-12(2,3)11(25-4)8-5-7(13(16,17)18)6-9(14(19,20)21)10(8)15(22,23)24/h5-6,11,25H,1-4H3. The van der Waals surface area contributed by atoms with Crippen molar-refractivity contribution in [3.63, 3.8) is 0 Å². The SMILES string of the molecule is CNC(c1cc(C(F)(F)F)cc(C(F)(F)F)c1C(F)(F)F)C(C)(C)C. The molecule has 0 saturated carbocycles. The first-order valence-corrected chi connectivity index (χ1v) is 6.97. The molecule has 1 atom stereocenters. The molecule has 0 radical (unpaired) electrons. The highest BCUT2D eigenvalue weighted by molar-refractivity contribution is 5.46. The van der Waals surface area contributed by atoms with Gasteiger partial charge in [-0.15, -0.1) is 0 Å². The van der Waals surface area contributed by atoms with E-state index in [9.17, 15) is 39.5 Å². The Morgan fingerprint density at radius 2 is 1.24 bits per heavy atom. The summed E-state index contributed by atoms with van der Waals surface area (Å²) in [7, 11) is 1.17. The van der Waals surface area contributed by atoms with Gasteiger partial charge in [0.1, 0.15) is 0 Å². The molecule has 0 aliphatic carbocycles. The lowest BCUT2D eigenvalue weighted by atomic mass is 9.79. The molecule has 1 nitrogen and oxygen atoms in total. The molecular formula is C15H16F9N. The summed E-state index contributed by atoms with van der Waals surface area (Å²) in [5, 5.41) is 2.39. The summed E-state index contributed by atoms with van der Waals surface area (Å²) in [6, 6.07) is -1.76. The zero-order valence-electron chi connectivity index (χ0n) is 13.6. The third-order valence-electron chi connectivity index (χ3n) is 3.55. The van der Waals surface area contributed by atoms with E-state index in [-0.39, 0.29) is 6.07 Å². The minimum absolute atomic E-state index is 0.129. The highest BCUT2D eigenvalue weighted by Gasteiger charge is 2.48. The second-order valence-electron chi connectivity index (χ2n) is 6.57. The van der Waals surface area contributed by atoms with E-state index in [1.807, 2.05) is 0 Å². The first kappa shape index (κ1) is 21.6. The van der Waals surface area contributed by atoms with E-state index in [0.29, 0.717) is 0 Å². The van der Waals surface area contributed by atoms with Crippen LogP contribution in [0.2, 0.25) is 0 Å². The van der Waals surface area contributed by atoms with Gasteiger partial charge in [0, 0.05) is 6.04 Å². The molecule has 0 fully saturated rings. The fraction of sp³-hybridized carbons (Fsp3) is 0.600. The molecule has 0 aromatic heterocycles. The summed E-state index contributed by atoms with van der Waals surface area (Å²) in [4.78, 5) is 0. The van der Waals surface area contributed by atoms with Crippen LogP contribution in [0.15, 0.2) is 12.1 Å². The van der Waals surface area contributed by atoms with Crippen LogP contribution in [0.1, 0.15) is 49.1 Å². The first-order chi connectivity index (χ1) is 10.9.